The van der Waals surface area contributed by atoms with Crippen molar-refractivity contribution < 1.29 is 4.79 Å². The van der Waals surface area contributed by atoms with Crippen LogP contribution < -0.4 is 11.1 Å². The molecule has 1 heterocycles. The Morgan fingerprint density at radius 3 is 2.75 bits per heavy atom. The minimum atomic E-state index is -0.463. The van der Waals surface area contributed by atoms with Crippen LogP contribution in [0.3, 0.4) is 0 Å². The Hall–Kier alpha value is -2.01. The molecule has 2 rings (SSSR count). The summed E-state index contributed by atoms with van der Waals surface area (Å²) in [4.78, 5) is 16.7. The number of hydrogen-bond donors (Lipinski definition) is 2. The normalized spacial score (nSPS) is 12.3. The lowest BCUT2D eigenvalue weighted by atomic mass is 9.95. The molecule has 0 bridgehead atoms. The summed E-state index contributed by atoms with van der Waals surface area (Å²) in [5, 5.41) is 3.84. The van der Waals surface area contributed by atoms with Crippen molar-refractivity contribution in [3.8, 4) is 0 Å². The Kier molecular flexibility index (Phi) is 4.29. The first-order valence-electron chi connectivity index (χ1n) is 6.44. The fourth-order valence-corrected chi connectivity index (χ4v) is 2.51. The van der Waals surface area contributed by atoms with Crippen LogP contribution in [0.1, 0.15) is 13.8 Å². The number of carbonyl (C=O) groups is 1. The zero-order valence-electron chi connectivity index (χ0n) is 11.5. The molecule has 20 heavy (non-hydrogen) atoms. The summed E-state index contributed by atoms with van der Waals surface area (Å²) in [6.07, 6.45) is 1.74. The molecular weight excluding hydrogens is 270 g/mol. The standard InChI is InChI=1S/C15H17N3OS/c1-9(2)13(14(16)20)15(19)18-11-5-6-12-10(8-11)4-3-7-17-12/h3-9,13H,1-2H3,(H2,16,20)(H,18,19). The Labute approximate surface area is 123 Å². The Morgan fingerprint density at radius 2 is 2.10 bits per heavy atom. The maximum absolute atomic E-state index is 12.2. The average Bonchev–Trinajstić information content (AvgIpc) is 2.37. The molecule has 2 aromatic rings. The molecule has 0 aliphatic rings. The fourth-order valence-electron chi connectivity index (χ4n) is 2.13. The highest BCUT2D eigenvalue weighted by atomic mass is 32.1. The van der Waals surface area contributed by atoms with Crippen LogP contribution in [0.2, 0.25) is 0 Å². The van der Waals surface area contributed by atoms with Gasteiger partial charge in [-0.1, -0.05) is 32.1 Å². The van der Waals surface area contributed by atoms with Crippen molar-refractivity contribution in [1.82, 2.24) is 4.98 Å². The summed E-state index contributed by atoms with van der Waals surface area (Å²) in [5.74, 6) is -0.569. The SMILES string of the molecule is CC(C)C(C(=O)Nc1ccc2ncccc2c1)C(N)=S. The van der Waals surface area contributed by atoms with Crippen molar-refractivity contribution in [2.24, 2.45) is 17.6 Å². The van der Waals surface area contributed by atoms with E-state index in [1.54, 1.807) is 6.20 Å². The number of pyridine rings is 1. The van der Waals surface area contributed by atoms with Gasteiger partial charge in [0.25, 0.3) is 0 Å². The maximum Gasteiger partial charge on any atom is 0.234 e. The number of rotatable bonds is 4. The van der Waals surface area contributed by atoms with Gasteiger partial charge >= 0.3 is 0 Å². The smallest absolute Gasteiger partial charge is 0.234 e. The number of nitrogens with one attached hydrogen (secondary N) is 1. The van der Waals surface area contributed by atoms with Gasteiger partial charge in [0, 0.05) is 17.3 Å². The van der Waals surface area contributed by atoms with Gasteiger partial charge < -0.3 is 11.1 Å². The van der Waals surface area contributed by atoms with Gasteiger partial charge in [-0.2, -0.15) is 0 Å². The molecule has 0 spiro atoms. The highest BCUT2D eigenvalue weighted by molar-refractivity contribution is 7.80. The molecule has 4 nitrogen and oxygen atoms in total. The average molecular weight is 287 g/mol. The Bertz CT molecular complexity index is 654. The van der Waals surface area contributed by atoms with E-state index in [2.05, 4.69) is 10.3 Å². The largest absolute Gasteiger partial charge is 0.393 e. The van der Waals surface area contributed by atoms with Gasteiger partial charge in [0.05, 0.1) is 16.4 Å². The van der Waals surface area contributed by atoms with E-state index in [4.69, 9.17) is 18.0 Å². The zero-order valence-corrected chi connectivity index (χ0v) is 12.3. The van der Waals surface area contributed by atoms with Crippen LogP contribution in [0.5, 0.6) is 0 Å². The number of thiocarbonyl (C=S) groups is 1. The van der Waals surface area contributed by atoms with E-state index in [1.165, 1.54) is 0 Å². The predicted molar refractivity (Wildman–Crippen MR) is 85.5 cm³/mol. The number of nitrogens with two attached hydrogens (primary N) is 1. The number of amides is 1. The molecule has 0 saturated heterocycles. The van der Waals surface area contributed by atoms with Crippen molar-refractivity contribution >= 4 is 39.7 Å². The quantitative estimate of drug-likeness (QED) is 0.848. The first-order valence-corrected chi connectivity index (χ1v) is 6.85. The molecule has 104 valence electrons. The summed E-state index contributed by atoms with van der Waals surface area (Å²) in [7, 11) is 0. The molecule has 0 aliphatic heterocycles. The van der Waals surface area contributed by atoms with Crippen LogP contribution >= 0.6 is 12.2 Å². The van der Waals surface area contributed by atoms with Crippen molar-refractivity contribution in [1.29, 1.82) is 0 Å². The lowest BCUT2D eigenvalue weighted by Gasteiger charge is -2.18. The molecule has 1 unspecified atom stereocenters. The first-order chi connectivity index (χ1) is 9.49. The van der Waals surface area contributed by atoms with Crippen LogP contribution in [0.25, 0.3) is 10.9 Å². The number of hydrogen-bond acceptors (Lipinski definition) is 3. The first kappa shape index (κ1) is 14.4. The molecule has 0 fully saturated rings. The van der Waals surface area contributed by atoms with Crippen molar-refractivity contribution in [3.63, 3.8) is 0 Å². The molecular formula is C15H17N3OS. The summed E-state index contributed by atoms with van der Waals surface area (Å²) in [6, 6.07) is 9.39. The van der Waals surface area contributed by atoms with Gasteiger partial charge in [0.1, 0.15) is 0 Å². The highest BCUT2D eigenvalue weighted by Gasteiger charge is 2.24. The third-order valence-corrected chi connectivity index (χ3v) is 3.38. The van der Waals surface area contributed by atoms with Gasteiger partial charge in [0.2, 0.25) is 5.91 Å². The van der Waals surface area contributed by atoms with E-state index in [0.29, 0.717) is 0 Å². The van der Waals surface area contributed by atoms with Crippen LogP contribution in [-0.2, 0) is 4.79 Å². The second-order valence-corrected chi connectivity index (χ2v) is 5.50. The van der Waals surface area contributed by atoms with Gasteiger partial charge in [0.15, 0.2) is 0 Å². The molecule has 1 aromatic heterocycles. The number of fused-ring (bicyclic) bond motifs is 1. The predicted octanol–water partition coefficient (Wildman–Crippen LogP) is 2.73. The number of aromatic nitrogens is 1. The van der Waals surface area contributed by atoms with Crippen LogP contribution in [-0.4, -0.2) is 15.9 Å². The van der Waals surface area contributed by atoms with Gasteiger partial charge in [-0.05, 0) is 30.2 Å². The topological polar surface area (TPSA) is 68.0 Å². The van der Waals surface area contributed by atoms with E-state index in [-0.39, 0.29) is 16.8 Å². The summed E-state index contributed by atoms with van der Waals surface area (Å²) in [5.41, 5.74) is 7.25. The summed E-state index contributed by atoms with van der Waals surface area (Å²) >= 11 is 4.97. The fraction of sp³-hybridized carbons (Fsp3) is 0.267. The summed E-state index contributed by atoms with van der Waals surface area (Å²) in [6.45, 7) is 3.85. The molecule has 0 aliphatic carbocycles. The van der Waals surface area contributed by atoms with E-state index < -0.39 is 5.92 Å². The monoisotopic (exact) mass is 287 g/mol. The minimum absolute atomic E-state index is 0.0645. The van der Waals surface area contributed by atoms with Crippen molar-refractivity contribution in [2.75, 3.05) is 5.32 Å². The third-order valence-electron chi connectivity index (χ3n) is 3.13. The van der Waals surface area contributed by atoms with Crippen LogP contribution in [0.4, 0.5) is 5.69 Å². The van der Waals surface area contributed by atoms with Crippen molar-refractivity contribution in [2.45, 2.75) is 13.8 Å². The zero-order chi connectivity index (χ0) is 14.7. The van der Waals surface area contributed by atoms with E-state index in [9.17, 15) is 4.79 Å². The minimum Gasteiger partial charge on any atom is -0.393 e. The molecule has 5 heteroatoms. The molecule has 0 saturated carbocycles. The Morgan fingerprint density at radius 1 is 1.35 bits per heavy atom. The van der Waals surface area contributed by atoms with Crippen LogP contribution in [0.15, 0.2) is 36.5 Å². The number of nitrogens with zero attached hydrogens (tertiary/aromatic N) is 1. The molecule has 3 N–H and O–H groups in total. The van der Waals surface area contributed by atoms with E-state index in [0.717, 1.165) is 16.6 Å². The summed E-state index contributed by atoms with van der Waals surface area (Å²) < 4.78 is 0. The van der Waals surface area contributed by atoms with E-state index >= 15 is 0 Å². The van der Waals surface area contributed by atoms with Gasteiger partial charge in [-0.15, -0.1) is 0 Å². The number of benzene rings is 1. The second kappa shape index (κ2) is 5.96. The molecule has 1 atom stereocenters. The molecule has 1 amide bonds. The number of carbonyl (C=O) groups excluding carboxylic acids is 1. The molecule has 1 aromatic carbocycles. The van der Waals surface area contributed by atoms with Gasteiger partial charge in [-0.25, -0.2) is 0 Å². The van der Waals surface area contributed by atoms with E-state index in [1.807, 2.05) is 44.2 Å². The maximum atomic E-state index is 12.2. The van der Waals surface area contributed by atoms with Crippen LogP contribution in [0, 0.1) is 11.8 Å². The number of anilines is 1. The highest BCUT2D eigenvalue weighted by Crippen LogP contribution is 2.19. The second-order valence-electron chi connectivity index (χ2n) is 5.02. The third kappa shape index (κ3) is 3.11. The molecule has 0 radical (unpaired) electrons. The van der Waals surface area contributed by atoms with Crippen molar-refractivity contribution in [3.05, 3.63) is 36.5 Å². The lowest BCUT2D eigenvalue weighted by molar-refractivity contribution is -0.118. The lowest BCUT2D eigenvalue weighted by Crippen LogP contribution is -2.36. The Balaban J connectivity index is 2.23. The van der Waals surface area contributed by atoms with Gasteiger partial charge in [-0.3, -0.25) is 9.78 Å².